The third-order valence-corrected chi connectivity index (χ3v) is 5.10. The van der Waals surface area contributed by atoms with Gasteiger partial charge in [-0.2, -0.15) is 0 Å². The molecule has 152 valence electrons. The summed E-state index contributed by atoms with van der Waals surface area (Å²) in [5.74, 6) is -0.376. The molecule has 0 bridgehead atoms. The van der Waals surface area contributed by atoms with Crippen molar-refractivity contribution < 1.29 is 19.4 Å². The summed E-state index contributed by atoms with van der Waals surface area (Å²) < 4.78 is 5.41. The minimum atomic E-state index is -0.426. The number of hydrogen-bond acceptors (Lipinski definition) is 5. The van der Waals surface area contributed by atoms with Gasteiger partial charge in [0.2, 0.25) is 0 Å². The standard InChI is InChI=1S/C23H26N2O4/c1-14-6-8-17(16(3)12-14)20-21(24(4)10-11-26)23(28)25(22(20)27)18-13-15(2)7-9-19(18)29-5/h6-9,12-13,26H,10-11H2,1-5H3. The van der Waals surface area contributed by atoms with Crippen LogP contribution in [0.1, 0.15) is 22.3 Å². The van der Waals surface area contributed by atoms with E-state index in [1.54, 1.807) is 24.1 Å². The molecule has 1 heterocycles. The van der Waals surface area contributed by atoms with Crippen molar-refractivity contribution in [3.05, 3.63) is 64.3 Å². The summed E-state index contributed by atoms with van der Waals surface area (Å²) in [6.45, 7) is 5.91. The van der Waals surface area contributed by atoms with Crippen LogP contribution < -0.4 is 9.64 Å². The van der Waals surface area contributed by atoms with Crippen LogP contribution in [0.2, 0.25) is 0 Å². The predicted molar refractivity (Wildman–Crippen MR) is 113 cm³/mol. The molecule has 0 atom stereocenters. The summed E-state index contributed by atoms with van der Waals surface area (Å²) in [5.41, 5.74) is 4.64. The summed E-state index contributed by atoms with van der Waals surface area (Å²) in [4.78, 5) is 29.8. The Labute approximate surface area is 171 Å². The molecule has 1 aliphatic rings. The van der Waals surface area contributed by atoms with Crippen LogP contribution in [0.3, 0.4) is 0 Å². The second-order valence-corrected chi connectivity index (χ2v) is 7.31. The monoisotopic (exact) mass is 394 g/mol. The van der Waals surface area contributed by atoms with Crippen molar-refractivity contribution in [3.8, 4) is 5.75 Å². The molecule has 29 heavy (non-hydrogen) atoms. The maximum Gasteiger partial charge on any atom is 0.282 e. The lowest BCUT2D eigenvalue weighted by molar-refractivity contribution is -0.120. The van der Waals surface area contributed by atoms with Gasteiger partial charge in [0.1, 0.15) is 11.4 Å². The van der Waals surface area contributed by atoms with E-state index in [0.29, 0.717) is 22.6 Å². The molecule has 1 aliphatic heterocycles. The molecule has 2 aromatic rings. The third-order valence-electron chi connectivity index (χ3n) is 5.10. The Kier molecular flexibility index (Phi) is 5.75. The van der Waals surface area contributed by atoms with Gasteiger partial charge in [-0.3, -0.25) is 9.59 Å². The molecule has 0 saturated heterocycles. The maximum atomic E-state index is 13.6. The number of aliphatic hydroxyl groups excluding tert-OH is 1. The number of anilines is 1. The smallest absolute Gasteiger partial charge is 0.282 e. The topological polar surface area (TPSA) is 70.1 Å². The Bertz CT molecular complexity index is 1010. The summed E-state index contributed by atoms with van der Waals surface area (Å²) in [5, 5.41) is 9.40. The highest BCUT2D eigenvalue weighted by Gasteiger charge is 2.43. The van der Waals surface area contributed by atoms with E-state index in [1.165, 1.54) is 12.0 Å². The largest absolute Gasteiger partial charge is 0.495 e. The van der Waals surface area contributed by atoms with E-state index < -0.39 is 11.8 Å². The van der Waals surface area contributed by atoms with Gasteiger partial charge in [0.15, 0.2) is 0 Å². The fourth-order valence-corrected chi connectivity index (χ4v) is 3.66. The first-order valence-corrected chi connectivity index (χ1v) is 9.47. The van der Waals surface area contributed by atoms with E-state index in [1.807, 2.05) is 45.0 Å². The molecule has 0 fully saturated rings. The van der Waals surface area contributed by atoms with Gasteiger partial charge in [-0.15, -0.1) is 0 Å². The molecule has 0 aliphatic carbocycles. The zero-order chi connectivity index (χ0) is 21.3. The first-order valence-electron chi connectivity index (χ1n) is 9.47. The number of benzene rings is 2. The number of amides is 2. The summed E-state index contributed by atoms with van der Waals surface area (Å²) in [6.07, 6.45) is 0. The average molecular weight is 394 g/mol. The lowest BCUT2D eigenvalue weighted by atomic mass is 9.97. The quantitative estimate of drug-likeness (QED) is 0.763. The number of ether oxygens (including phenoxy) is 1. The molecule has 3 rings (SSSR count). The second kappa shape index (κ2) is 8.09. The molecule has 2 aromatic carbocycles. The predicted octanol–water partition coefficient (Wildman–Crippen LogP) is 2.83. The summed E-state index contributed by atoms with van der Waals surface area (Å²) >= 11 is 0. The van der Waals surface area contributed by atoms with Crippen molar-refractivity contribution >= 4 is 23.1 Å². The van der Waals surface area contributed by atoms with Gasteiger partial charge in [-0.1, -0.05) is 29.8 Å². The van der Waals surface area contributed by atoms with Crippen molar-refractivity contribution in [2.45, 2.75) is 20.8 Å². The van der Waals surface area contributed by atoms with Gasteiger partial charge in [0, 0.05) is 13.6 Å². The van der Waals surface area contributed by atoms with Crippen molar-refractivity contribution in [2.24, 2.45) is 0 Å². The lowest BCUT2D eigenvalue weighted by Crippen LogP contribution is -2.35. The highest BCUT2D eigenvalue weighted by molar-refractivity contribution is 6.45. The highest BCUT2D eigenvalue weighted by atomic mass is 16.5. The number of carbonyl (C=O) groups is 2. The first-order chi connectivity index (χ1) is 13.8. The fraction of sp³-hybridized carbons (Fsp3) is 0.304. The van der Waals surface area contributed by atoms with Crippen molar-refractivity contribution in [1.82, 2.24) is 4.90 Å². The molecule has 2 amide bonds. The SMILES string of the molecule is COc1ccc(C)cc1N1C(=O)C(c2ccc(C)cc2C)=C(N(C)CCO)C1=O. The molecule has 6 nitrogen and oxygen atoms in total. The summed E-state index contributed by atoms with van der Waals surface area (Å²) in [7, 11) is 3.22. The van der Waals surface area contributed by atoms with Gasteiger partial charge in [0.25, 0.3) is 11.8 Å². The number of aryl methyl sites for hydroxylation is 3. The zero-order valence-electron chi connectivity index (χ0n) is 17.4. The van der Waals surface area contributed by atoms with Gasteiger partial charge in [0.05, 0.1) is 25.0 Å². The van der Waals surface area contributed by atoms with Crippen LogP contribution in [0.4, 0.5) is 5.69 Å². The lowest BCUT2D eigenvalue weighted by Gasteiger charge is -2.21. The Morgan fingerprint density at radius 3 is 2.28 bits per heavy atom. The van der Waals surface area contributed by atoms with Gasteiger partial charge in [-0.25, -0.2) is 4.90 Å². The van der Waals surface area contributed by atoms with Gasteiger partial charge >= 0.3 is 0 Å². The van der Waals surface area contributed by atoms with Crippen LogP contribution in [-0.4, -0.2) is 49.1 Å². The Morgan fingerprint density at radius 2 is 1.66 bits per heavy atom. The van der Waals surface area contributed by atoms with Crippen LogP contribution in [0.15, 0.2) is 42.1 Å². The van der Waals surface area contributed by atoms with E-state index in [4.69, 9.17) is 4.74 Å². The van der Waals surface area contributed by atoms with E-state index in [0.717, 1.165) is 16.7 Å². The molecule has 0 unspecified atom stereocenters. The molecule has 0 radical (unpaired) electrons. The number of methoxy groups -OCH3 is 1. The third kappa shape index (κ3) is 3.63. The van der Waals surface area contributed by atoms with Crippen LogP contribution in [-0.2, 0) is 9.59 Å². The number of likely N-dealkylation sites (N-methyl/N-ethyl adjacent to an activating group) is 1. The number of carbonyl (C=O) groups excluding carboxylic acids is 2. The van der Waals surface area contributed by atoms with Crippen LogP contribution >= 0.6 is 0 Å². The van der Waals surface area contributed by atoms with Crippen molar-refractivity contribution in [1.29, 1.82) is 0 Å². The Morgan fingerprint density at radius 1 is 1.00 bits per heavy atom. The highest BCUT2D eigenvalue weighted by Crippen LogP contribution is 2.39. The molecular weight excluding hydrogens is 368 g/mol. The van der Waals surface area contributed by atoms with Crippen LogP contribution in [0, 0.1) is 20.8 Å². The number of nitrogens with zero attached hydrogens (tertiary/aromatic N) is 2. The van der Waals surface area contributed by atoms with E-state index in [2.05, 4.69) is 0 Å². The van der Waals surface area contributed by atoms with Crippen molar-refractivity contribution in [2.75, 3.05) is 32.2 Å². The zero-order valence-corrected chi connectivity index (χ0v) is 17.4. The summed E-state index contributed by atoms with van der Waals surface area (Å²) in [6, 6.07) is 11.2. The van der Waals surface area contributed by atoms with E-state index >= 15 is 0 Å². The molecular formula is C23H26N2O4. The van der Waals surface area contributed by atoms with Crippen molar-refractivity contribution in [3.63, 3.8) is 0 Å². The number of imide groups is 1. The molecule has 6 heteroatoms. The molecule has 0 aromatic heterocycles. The minimum absolute atomic E-state index is 0.130. The minimum Gasteiger partial charge on any atom is -0.495 e. The number of aliphatic hydroxyl groups is 1. The second-order valence-electron chi connectivity index (χ2n) is 7.31. The Hall–Kier alpha value is -3.12. The number of hydrogen-bond donors (Lipinski definition) is 1. The maximum absolute atomic E-state index is 13.6. The fourth-order valence-electron chi connectivity index (χ4n) is 3.66. The number of rotatable bonds is 6. The average Bonchev–Trinajstić information content (AvgIpc) is 2.92. The molecule has 1 N–H and O–H groups in total. The normalized spacial score (nSPS) is 14.1. The molecule has 0 spiro atoms. The first kappa shape index (κ1) is 20.6. The van der Waals surface area contributed by atoms with Gasteiger partial charge < -0.3 is 14.7 Å². The van der Waals surface area contributed by atoms with Crippen LogP contribution in [0.5, 0.6) is 5.75 Å². The van der Waals surface area contributed by atoms with Gasteiger partial charge in [-0.05, 0) is 49.6 Å². The van der Waals surface area contributed by atoms with E-state index in [9.17, 15) is 14.7 Å². The van der Waals surface area contributed by atoms with Crippen LogP contribution in [0.25, 0.3) is 5.57 Å². The van der Waals surface area contributed by atoms with E-state index in [-0.39, 0.29) is 18.8 Å². The Balaban J connectivity index is 2.22. The molecule has 0 saturated carbocycles.